The molecule has 174 valence electrons. The highest BCUT2D eigenvalue weighted by Gasteiger charge is 2.56. The predicted octanol–water partition coefficient (Wildman–Crippen LogP) is 2.59. The first-order chi connectivity index (χ1) is 14.8. The number of anilines is 1. The van der Waals surface area contributed by atoms with Crippen LogP contribution in [0.25, 0.3) is 0 Å². The van der Waals surface area contributed by atoms with E-state index in [9.17, 15) is 36.3 Å². The number of halogens is 5. The van der Waals surface area contributed by atoms with Gasteiger partial charge < -0.3 is 10.1 Å². The van der Waals surface area contributed by atoms with E-state index in [0.717, 1.165) is 5.01 Å². The lowest BCUT2D eigenvalue weighted by Crippen LogP contribution is -2.41. The summed E-state index contributed by atoms with van der Waals surface area (Å²) in [6, 6.07) is -2.92. The average molecular weight is 463 g/mol. The summed E-state index contributed by atoms with van der Waals surface area (Å²) in [6.07, 6.45) is -0.464. The Balaban J connectivity index is 1.71. The van der Waals surface area contributed by atoms with E-state index in [4.69, 9.17) is 4.74 Å². The lowest BCUT2D eigenvalue weighted by molar-refractivity contribution is -0.123. The van der Waals surface area contributed by atoms with Crippen molar-refractivity contribution in [3.05, 3.63) is 29.1 Å². The summed E-state index contributed by atoms with van der Waals surface area (Å²) in [6.45, 7) is 5.12. The predicted molar refractivity (Wildman–Crippen MR) is 96.7 cm³/mol. The van der Waals surface area contributed by atoms with Crippen molar-refractivity contribution in [3.63, 3.8) is 0 Å². The summed E-state index contributed by atoms with van der Waals surface area (Å²) >= 11 is 0. The Labute approximate surface area is 178 Å². The zero-order valence-electron chi connectivity index (χ0n) is 17.1. The standard InChI is InChI=1S/C18H18F5N5O4/c1-18(2,3)32-17(31)24-5-4-6-27-14-12(25-26-27)15(29)28(16(14)30)13-10(22)8(20)7(19)9(21)11(13)23/h12,14H,4-6H2,1-3H3,(H,24,31)/t12-,14+/m0/s1. The highest BCUT2D eigenvalue weighted by molar-refractivity contribution is 6.25. The molecular weight excluding hydrogens is 445 g/mol. The SMILES string of the molecule is CC(C)(C)OC(=O)NCCCN1N=N[C@@H]2C(=O)N(c3c(F)c(F)c(F)c(F)c3F)C(=O)[C@@H]21. The Hall–Kier alpha value is -3.32. The number of nitrogens with one attached hydrogen (secondary N) is 1. The number of nitrogens with zero attached hydrogens (tertiary/aromatic N) is 4. The van der Waals surface area contributed by atoms with Crippen molar-refractivity contribution in [3.8, 4) is 0 Å². The minimum atomic E-state index is -2.41. The van der Waals surface area contributed by atoms with E-state index < -0.39 is 70.4 Å². The van der Waals surface area contributed by atoms with Gasteiger partial charge in [0.1, 0.15) is 11.3 Å². The Morgan fingerprint density at radius 3 is 2.12 bits per heavy atom. The summed E-state index contributed by atoms with van der Waals surface area (Å²) < 4.78 is 73.7. The molecule has 1 aromatic rings. The molecule has 3 rings (SSSR count). The van der Waals surface area contributed by atoms with Gasteiger partial charge in [-0.05, 0) is 27.2 Å². The number of rotatable bonds is 5. The van der Waals surface area contributed by atoms with Gasteiger partial charge in [-0.15, -0.1) is 0 Å². The number of hydrogen-bond acceptors (Lipinski definition) is 7. The molecule has 9 nitrogen and oxygen atoms in total. The van der Waals surface area contributed by atoms with Gasteiger partial charge in [0.2, 0.25) is 5.82 Å². The molecule has 0 unspecified atom stereocenters. The maximum absolute atomic E-state index is 14.1. The molecule has 32 heavy (non-hydrogen) atoms. The molecule has 14 heteroatoms. The summed E-state index contributed by atoms with van der Waals surface area (Å²) in [4.78, 5) is 36.7. The number of alkyl carbamates (subject to hydrolysis) is 1. The number of imide groups is 1. The van der Waals surface area contributed by atoms with Crippen LogP contribution in [0.15, 0.2) is 10.3 Å². The van der Waals surface area contributed by atoms with Gasteiger partial charge in [0.05, 0.1) is 0 Å². The molecule has 2 atom stereocenters. The first-order valence-corrected chi connectivity index (χ1v) is 9.38. The number of ether oxygens (including phenoxy) is 1. The van der Waals surface area contributed by atoms with Gasteiger partial charge >= 0.3 is 6.09 Å². The Morgan fingerprint density at radius 1 is 1.00 bits per heavy atom. The largest absolute Gasteiger partial charge is 0.444 e. The Kier molecular flexibility index (Phi) is 6.07. The molecule has 3 amide bonds. The van der Waals surface area contributed by atoms with Crippen molar-refractivity contribution in [2.45, 2.75) is 44.9 Å². The molecule has 0 bridgehead atoms. The fraction of sp³-hybridized carbons (Fsp3) is 0.500. The van der Waals surface area contributed by atoms with Gasteiger partial charge in [0.25, 0.3) is 11.8 Å². The number of amides is 3. The van der Waals surface area contributed by atoms with Crippen LogP contribution >= 0.6 is 0 Å². The summed E-state index contributed by atoms with van der Waals surface area (Å²) in [5.74, 6) is -14.1. The molecule has 1 fully saturated rings. The number of carbonyl (C=O) groups excluding carboxylic acids is 3. The average Bonchev–Trinajstić information content (AvgIpc) is 3.22. The van der Waals surface area contributed by atoms with E-state index in [1.54, 1.807) is 20.8 Å². The molecule has 1 aromatic carbocycles. The number of hydrogen-bond donors (Lipinski definition) is 1. The van der Waals surface area contributed by atoms with Gasteiger partial charge in [-0.2, -0.15) is 5.11 Å². The molecular formula is C18H18F5N5O4. The molecule has 0 saturated carbocycles. The van der Waals surface area contributed by atoms with E-state index in [1.165, 1.54) is 0 Å². The van der Waals surface area contributed by atoms with Crippen molar-refractivity contribution >= 4 is 23.6 Å². The molecule has 0 radical (unpaired) electrons. The maximum Gasteiger partial charge on any atom is 0.407 e. The van der Waals surface area contributed by atoms with Gasteiger partial charge in [0, 0.05) is 13.1 Å². The van der Waals surface area contributed by atoms with Crippen molar-refractivity contribution in [2.75, 3.05) is 18.0 Å². The summed E-state index contributed by atoms with van der Waals surface area (Å²) in [5, 5.41) is 10.8. The van der Waals surface area contributed by atoms with E-state index in [1.807, 2.05) is 0 Å². The highest BCUT2D eigenvalue weighted by atomic mass is 19.2. The second-order valence-corrected chi connectivity index (χ2v) is 7.97. The Bertz CT molecular complexity index is 983. The van der Waals surface area contributed by atoms with Gasteiger partial charge in [-0.1, -0.05) is 5.22 Å². The molecule has 0 aliphatic carbocycles. The fourth-order valence-electron chi connectivity index (χ4n) is 3.16. The van der Waals surface area contributed by atoms with Crippen LogP contribution in [-0.2, 0) is 14.3 Å². The van der Waals surface area contributed by atoms with Crippen LogP contribution in [0, 0.1) is 29.1 Å². The van der Waals surface area contributed by atoms with Gasteiger partial charge in [0.15, 0.2) is 35.4 Å². The van der Waals surface area contributed by atoms with E-state index in [2.05, 4.69) is 15.7 Å². The lowest BCUT2D eigenvalue weighted by Gasteiger charge is -2.22. The topological polar surface area (TPSA) is 104 Å². The smallest absolute Gasteiger partial charge is 0.407 e. The monoisotopic (exact) mass is 463 g/mol. The lowest BCUT2D eigenvalue weighted by atomic mass is 10.1. The van der Waals surface area contributed by atoms with Crippen LogP contribution in [0.2, 0.25) is 0 Å². The molecule has 0 spiro atoms. The number of carbonyl (C=O) groups is 3. The summed E-state index contributed by atoms with van der Waals surface area (Å²) in [7, 11) is 0. The Morgan fingerprint density at radius 2 is 1.56 bits per heavy atom. The minimum absolute atomic E-state index is 0.00950. The summed E-state index contributed by atoms with van der Waals surface area (Å²) in [5.41, 5.74) is -2.36. The number of fused-ring (bicyclic) bond motifs is 1. The van der Waals surface area contributed by atoms with Crippen LogP contribution in [-0.4, -0.2) is 53.7 Å². The molecule has 0 aromatic heterocycles. The first kappa shape index (κ1) is 23.3. The van der Waals surface area contributed by atoms with Crippen molar-refractivity contribution in [1.82, 2.24) is 10.3 Å². The first-order valence-electron chi connectivity index (χ1n) is 9.38. The van der Waals surface area contributed by atoms with Gasteiger partial charge in [-0.3, -0.25) is 14.6 Å². The zero-order valence-corrected chi connectivity index (χ0v) is 17.1. The minimum Gasteiger partial charge on any atom is -0.444 e. The number of benzene rings is 1. The normalized spacial score (nSPS) is 20.2. The van der Waals surface area contributed by atoms with Crippen LogP contribution in [0.5, 0.6) is 0 Å². The van der Waals surface area contributed by atoms with Crippen molar-refractivity contribution < 1.29 is 41.1 Å². The quantitative estimate of drug-likeness (QED) is 0.238. The molecule has 2 aliphatic heterocycles. The highest BCUT2D eigenvalue weighted by Crippen LogP contribution is 2.37. The third-order valence-corrected chi connectivity index (χ3v) is 4.50. The molecule has 1 saturated heterocycles. The maximum atomic E-state index is 14.1. The third kappa shape index (κ3) is 4.08. The van der Waals surface area contributed by atoms with Crippen molar-refractivity contribution in [2.24, 2.45) is 10.3 Å². The second kappa shape index (κ2) is 8.31. The zero-order chi connectivity index (χ0) is 24.0. The van der Waals surface area contributed by atoms with Crippen LogP contribution < -0.4 is 10.2 Å². The molecule has 2 aliphatic rings. The molecule has 2 heterocycles. The van der Waals surface area contributed by atoms with Crippen LogP contribution in [0.3, 0.4) is 0 Å². The van der Waals surface area contributed by atoms with Crippen LogP contribution in [0.4, 0.5) is 32.4 Å². The molecule has 1 N–H and O–H groups in total. The van der Waals surface area contributed by atoms with Crippen molar-refractivity contribution in [1.29, 1.82) is 0 Å². The van der Waals surface area contributed by atoms with E-state index in [-0.39, 0.29) is 24.4 Å². The fourth-order valence-corrected chi connectivity index (χ4v) is 3.16. The van der Waals surface area contributed by atoms with Gasteiger partial charge in [-0.25, -0.2) is 31.6 Å². The second-order valence-electron chi connectivity index (χ2n) is 7.97. The third-order valence-electron chi connectivity index (χ3n) is 4.50. The van der Waals surface area contributed by atoms with E-state index in [0.29, 0.717) is 0 Å². The van der Waals surface area contributed by atoms with E-state index >= 15 is 0 Å². The van der Waals surface area contributed by atoms with Crippen LogP contribution in [0.1, 0.15) is 27.2 Å².